The first-order valence-corrected chi connectivity index (χ1v) is 20.7. The number of likely N-dealkylation sites (N-methyl/N-ethyl adjacent to an activating group) is 2. The third-order valence-electron chi connectivity index (χ3n) is 11.4. The molecule has 0 aromatic heterocycles. The largest absolute Gasteiger partial charge is 0.392 e. The highest BCUT2D eigenvalue weighted by atomic mass is 16.5. The summed E-state index contributed by atoms with van der Waals surface area (Å²) < 4.78 is 12.0. The minimum absolute atomic E-state index is 0.00596. The Hall–Kier alpha value is -3.59. The first-order valence-electron chi connectivity index (χ1n) is 20.7. The summed E-state index contributed by atoms with van der Waals surface area (Å²) >= 11 is 0. The number of carbonyl (C=O) groups excluding carboxylic acids is 5. The molecule has 324 valence electrons. The summed E-state index contributed by atoms with van der Waals surface area (Å²) in [5.41, 5.74) is 0.864. The summed E-state index contributed by atoms with van der Waals surface area (Å²) in [5.74, 6) is -2.36. The average molecular weight is 803 g/mol. The van der Waals surface area contributed by atoms with Crippen molar-refractivity contribution in [2.75, 3.05) is 48.5 Å². The second kappa shape index (κ2) is 23.7. The van der Waals surface area contributed by atoms with Gasteiger partial charge in [-0.2, -0.15) is 0 Å². The van der Waals surface area contributed by atoms with Gasteiger partial charge in [0.25, 0.3) is 0 Å². The number of ether oxygens (including phenoxy) is 2. The van der Waals surface area contributed by atoms with E-state index < -0.39 is 66.3 Å². The van der Waals surface area contributed by atoms with Crippen LogP contribution < -0.4 is 16.0 Å². The van der Waals surface area contributed by atoms with Crippen LogP contribution in [-0.4, -0.2) is 146 Å². The van der Waals surface area contributed by atoms with Crippen molar-refractivity contribution in [3.8, 4) is 0 Å². The van der Waals surface area contributed by atoms with Gasteiger partial charge in [-0.1, -0.05) is 85.2 Å². The third-order valence-corrected chi connectivity index (χ3v) is 11.4. The summed E-state index contributed by atoms with van der Waals surface area (Å²) in [4.78, 5) is 74.3. The van der Waals surface area contributed by atoms with Crippen LogP contribution in [0.4, 0.5) is 0 Å². The molecule has 0 bridgehead atoms. The molecule has 14 nitrogen and oxygen atoms in total. The van der Waals surface area contributed by atoms with E-state index in [1.807, 2.05) is 90.9 Å². The van der Waals surface area contributed by atoms with Crippen LogP contribution in [0.5, 0.6) is 0 Å². The molecular weight excluding hydrogens is 729 g/mol. The molecule has 0 spiro atoms. The molecule has 2 rings (SSSR count). The highest BCUT2D eigenvalue weighted by Gasteiger charge is 2.43. The Labute approximate surface area is 342 Å². The number of nitrogens with zero attached hydrogens (tertiary/aromatic N) is 3. The zero-order chi connectivity index (χ0) is 43.1. The number of methoxy groups -OCH3 is 2. The van der Waals surface area contributed by atoms with Gasteiger partial charge in [-0.3, -0.25) is 28.9 Å². The molecule has 1 heterocycles. The predicted octanol–water partition coefficient (Wildman–Crippen LogP) is 2.86. The van der Waals surface area contributed by atoms with Gasteiger partial charge < -0.3 is 40.3 Å². The lowest BCUT2D eigenvalue weighted by atomic mass is 9.89. The van der Waals surface area contributed by atoms with Crippen LogP contribution in [-0.2, 0) is 39.9 Å². The predicted molar refractivity (Wildman–Crippen MR) is 222 cm³/mol. The van der Waals surface area contributed by atoms with Gasteiger partial charge >= 0.3 is 0 Å². The van der Waals surface area contributed by atoms with Gasteiger partial charge in [-0.25, -0.2) is 0 Å². The molecule has 4 N–H and O–H groups in total. The average Bonchev–Trinajstić information content (AvgIpc) is 3.64. The van der Waals surface area contributed by atoms with Crippen molar-refractivity contribution in [1.29, 1.82) is 0 Å². The molecule has 1 fully saturated rings. The fraction of sp³-hybridized carbons (Fsp3) is 0.744. The molecule has 14 heteroatoms. The molecule has 0 saturated carbocycles. The number of hydrogen-bond acceptors (Lipinski definition) is 9. The van der Waals surface area contributed by atoms with Crippen molar-refractivity contribution >= 4 is 29.5 Å². The maximum absolute atomic E-state index is 14.3. The molecule has 5 amide bonds. The molecule has 1 aromatic carbocycles. The summed E-state index contributed by atoms with van der Waals surface area (Å²) in [6.45, 7) is 15.6. The van der Waals surface area contributed by atoms with E-state index in [0.717, 1.165) is 12.0 Å². The van der Waals surface area contributed by atoms with E-state index in [4.69, 9.17) is 9.47 Å². The highest BCUT2D eigenvalue weighted by Crippen LogP contribution is 2.30. The molecule has 0 aliphatic carbocycles. The van der Waals surface area contributed by atoms with Gasteiger partial charge in [0.05, 0.1) is 48.8 Å². The molecule has 1 aromatic rings. The van der Waals surface area contributed by atoms with Crippen LogP contribution >= 0.6 is 0 Å². The fourth-order valence-corrected chi connectivity index (χ4v) is 8.15. The molecule has 1 saturated heterocycles. The number of carbonyl (C=O) groups is 5. The SMILES string of the molecule is CC[C@H](C)C(C(CC(=O)N1CCC[C@H]1[C@H](OC)[C@@H](C)C(=O)N[C@@H](Cc1ccccc1)C(=O)NC[C@@H](C)O)OC)N(C)C(=O)[C@@H](NC(=O)[C@H](C(C)C)N(C)C)C(C)C. The third kappa shape index (κ3) is 14.0. The van der Waals surface area contributed by atoms with Crippen molar-refractivity contribution in [2.45, 2.75) is 136 Å². The first kappa shape index (κ1) is 49.6. The normalized spacial score (nSPS) is 19.2. The van der Waals surface area contributed by atoms with Gasteiger partial charge in [-0.05, 0) is 57.2 Å². The van der Waals surface area contributed by atoms with E-state index >= 15 is 0 Å². The second-order valence-corrected chi connectivity index (χ2v) is 16.8. The molecule has 0 radical (unpaired) electrons. The summed E-state index contributed by atoms with van der Waals surface area (Å²) in [7, 11) is 8.49. The van der Waals surface area contributed by atoms with E-state index in [1.54, 1.807) is 37.8 Å². The fourth-order valence-electron chi connectivity index (χ4n) is 8.15. The lowest BCUT2D eigenvalue weighted by Crippen LogP contribution is -2.59. The minimum Gasteiger partial charge on any atom is -0.392 e. The molecule has 1 aliphatic rings. The topological polar surface area (TPSA) is 170 Å². The molecule has 57 heavy (non-hydrogen) atoms. The molecule has 10 atom stereocenters. The lowest BCUT2D eigenvalue weighted by Gasteiger charge is -2.41. The Morgan fingerprint density at radius 1 is 0.877 bits per heavy atom. The number of rotatable bonds is 23. The van der Waals surface area contributed by atoms with Crippen molar-refractivity contribution in [1.82, 2.24) is 30.7 Å². The maximum atomic E-state index is 14.3. The molecular formula is C43H74N6O8. The first-order chi connectivity index (χ1) is 26.8. The summed E-state index contributed by atoms with van der Waals surface area (Å²) in [5, 5.41) is 18.4. The number of likely N-dealkylation sites (tertiary alicyclic amines) is 1. The second-order valence-electron chi connectivity index (χ2n) is 16.8. The monoisotopic (exact) mass is 803 g/mol. The van der Waals surface area contributed by atoms with Gasteiger partial charge in [0.15, 0.2) is 0 Å². The Morgan fingerprint density at radius 3 is 2.02 bits per heavy atom. The number of aliphatic hydroxyl groups excluding tert-OH is 1. The van der Waals surface area contributed by atoms with Crippen molar-refractivity contribution in [3.05, 3.63) is 35.9 Å². The molecule has 2 unspecified atom stereocenters. The minimum atomic E-state index is -0.896. The standard InChI is InChI=1S/C43H74N6O8/c1-14-28(6)38(48(11)43(55)36(26(2)3)46-42(54)37(27(4)5)47(9)10)34(56-12)24-35(51)49-22-18-21-33(49)39(57-13)30(8)40(52)45-32(41(53)44-25-29(7)50)23-31-19-16-15-17-20-31/h15-17,19-20,26-30,32-34,36-39,50H,14,18,21-25H2,1-13H3,(H,44,53)(H,45,52)(H,46,54)/t28-,29+,30+,32-,33-,34?,36-,37-,38?,39+/m0/s1. The summed E-state index contributed by atoms with van der Waals surface area (Å²) in [6.07, 6.45) is 0.227. The summed E-state index contributed by atoms with van der Waals surface area (Å²) in [6, 6.07) is 6.39. The van der Waals surface area contributed by atoms with E-state index in [-0.39, 0.29) is 54.9 Å². The lowest BCUT2D eigenvalue weighted by molar-refractivity contribution is -0.148. The molecule has 1 aliphatic heterocycles. The highest BCUT2D eigenvalue weighted by molar-refractivity contribution is 5.90. The smallest absolute Gasteiger partial charge is 0.245 e. The number of benzene rings is 1. The Balaban J connectivity index is 2.30. The Bertz CT molecular complexity index is 1420. The van der Waals surface area contributed by atoms with Crippen molar-refractivity contribution < 1.29 is 38.6 Å². The zero-order valence-electron chi connectivity index (χ0n) is 36.9. The van der Waals surface area contributed by atoms with Gasteiger partial charge in [0.2, 0.25) is 29.5 Å². The van der Waals surface area contributed by atoms with Gasteiger partial charge in [0.1, 0.15) is 12.1 Å². The van der Waals surface area contributed by atoms with E-state index in [9.17, 15) is 29.1 Å². The Kier molecular flexibility index (Phi) is 20.6. The van der Waals surface area contributed by atoms with Crippen LogP contribution in [0, 0.1) is 23.7 Å². The number of hydrogen-bond donors (Lipinski definition) is 4. The van der Waals surface area contributed by atoms with Gasteiger partial charge in [0, 0.05) is 40.8 Å². The van der Waals surface area contributed by atoms with Gasteiger partial charge in [-0.15, -0.1) is 0 Å². The van der Waals surface area contributed by atoms with Crippen LogP contribution in [0.2, 0.25) is 0 Å². The van der Waals surface area contributed by atoms with E-state index in [1.165, 1.54) is 7.11 Å². The van der Waals surface area contributed by atoms with E-state index in [0.29, 0.717) is 19.4 Å². The number of aliphatic hydroxyl groups is 1. The zero-order valence-corrected chi connectivity index (χ0v) is 36.9. The van der Waals surface area contributed by atoms with Crippen LogP contribution in [0.25, 0.3) is 0 Å². The van der Waals surface area contributed by atoms with Crippen LogP contribution in [0.15, 0.2) is 30.3 Å². The van der Waals surface area contributed by atoms with Crippen LogP contribution in [0.3, 0.4) is 0 Å². The quantitative estimate of drug-likeness (QED) is 0.130. The van der Waals surface area contributed by atoms with E-state index in [2.05, 4.69) is 16.0 Å². The maximum Gasteiger partial charge on any atom is 0.245 e. The van der Waals surface area contributed by atoms with Crippen molar-refractivity contribution in [3.63, 3.8) is 0 Å². The number of amides is 5. The Morgan fingerprint density at radius 2 is 1.51 bits per heavy atom. The van der Waals surface area contributed by atoms with Crippen LogP contribution in [0.1, 0.15) is 86.6 Å². The van der Waals surface area contributed by atoms with Crippen molar-refractivity contribution in [2.24, 2.45) is 23.7 Å². The number of nitrogens with one attached hydrogen (secondary N) is 3.